The predicted octanol–water partition coefficient (Wildman–Crippen LogP) is 12.7. The van der Waals surface area contributed by atoms with Crippen LogP contribution in [-0.4, -0.2) is 40.1 Å². The molecule has 4 aromatic carbocycles. The third-order valence-corrected chi connectivity index (χ3v) is 8.90. The lowest BCUT2D eigenvalue weighted by molar-refractivity contribution is 0.0689. The van der Waals surface area contributed by atoms with Crippen molar-refractivity contribution in [1.82, 2.24) is 19.6 Å². The second kappa shape index (κ2) is 18.5. The molecule has 52 heavy (non-hydrogen) atoms. The number of aromatic nitrogens is 4. The molecule has 0 unspecified atom stereocenters. The van der Waals surface area contributed by atoms with Crippen LogP contribution >= 0.6 is 103 Å². The molecule has 2 aromatic heterocycles. The standard InChI is InChI=1S/C17H10Cl4N2O.C17H11Cl3N2O2.Cl2OS/c1-9-15(17(21)24)22-23(14-7-6-12(19)8-13(14)20)16(9)10-2-4-11(18)5-3-10;1-9-15(17(23)24)21-22(14-7-6-12(19)8-13(14)20)16(9)10-2-4-11(18)5-3-10;1-4(2)3/h2-8H,1H3;2-8H,1H3,(H,23,24);. The Kier molecular flexibility index (Phi) is 14.9. The highest BCUT2D eigenvalue weighted by molar-refractivity contribution is 8.26. The second-order valence-electron chi connectivity index (χ2n) is 10.4. The molecule has 0 fully saturated rings. The molecular weight excluding hydrogens is 880 g/mol. The fraction of sp³-hybridized carbons (Fsp3) is 0.0588. The van der Waals surface area contributed by atoms with Crippen molar-refractivity contribution in [2.75, 3.05) is 0 Å². The minimum absolute atomic E-state index is 0.0361. The Labute approximate surface area is 344 Å². The van der Waals surface area contributed by atoms with Gasteiger partial charge >= 0.3 is 5.97 Å². The molecular formula is C34H21Cl9N4O4S. The number of carboxylic acids is 1. The number of carbonyl (C=O) groups is 2. The zero-order valence-electron chi connectivity index (χ0n) is 26.4. The van der Waals surface area contributed by atoms with Crippen LogP contribution in [0.25, 0.3) is 33.9 Å². The molecule has 0 aliphatic carbocycles. The van der Waals surface area contributed by atoms with Crippen molar-refractivity contribution in [3.63, 3.8) is 0 Å². The number of halogens is 9. The topological polar surface area (TPSA) is 107 Å². The van der Waals surface area contributed by atoms with Gasteiger partial charge in [0.05, 0.1) is 32.8 Å². The Hall–Kier alpha value is -2.80. The van der Waals surface area contributed by atoms with E-state index < -0.39 is 20.4 Å². The fourth-order valence-corrected chi connectivity index (χ4v) is 6.34. The Morgan fingerprint density at radius 1 is 0.596 bits per heavy atom. The monoisotopic (exact) mass is 896 g/mol. The molecule has 2 heterocycles. The summed E-state index contributed by atoms with van der Waals surface area (Å²) in [6.45, 7) is 3.49. The molecule has 0 aliphatic heterocycles. The molecule has 18 heteroatoms. The van der Waals surface area contributed by atoms with E-state index in [4.69, 9.17) is 85.4 Å². The maximum absolute atomic E-state index is 11.7. The first-order chi connectivity index (χ1) is 24.5. The zero-order valence-corrected chi connectivity index (χ0v) is 34.0. The normalized spacial score (nSPS) is 10.7. The molecule has 0 bridgehead atoms. The third kappa shape index (κ3) is 10.2. The summed E-state index contributed by atoms with van der Waals surface area (Å²) < 4.78 is 12.2. The van der Waals surface area contributed by atoms with Crippen molar-refractivity contribution in [3.8, 4) is 33.9 Å². The second-order valence-corrected chi connectivity index (χ2v) is 15.9. The maximum Gasteiger partial charge on any atom is 0.356 e. The molecule has 0 atom stereocenters. The molecule has 0 amide bonds. The largest absolute Gasteiger partial charge is 0.476 e. The van der Waals surface area contributed by atoms with Gasteiger partial charge in [0, 0.05) is 63.7 Å². The van der Waals surface area contributed by atoms with Crippen molar-refractivity contribution in [2.45, 2.75) is 13.8 Å². The van der Waals surface area contributed by atoms with E-state index in [1.807, 2.05) is 12.1 Å². The Bertz CT molecular complexity index is 2140. The predicted molar refractivity (Wildman–Crippen MR) is 215 cm³/mol. The number of hydrogen-bond acceptors (Lipinski definition) is 5. The number of aromatic carboxylic acids is 1. The molecule has 6 aromatic rings. The van der Waals surface area contributed by atoms with Gasteiger partial charge in [-0.25, -0.2) is 18.4 Å². The van der Waals surface area contributed by atoms with Crippen LogP contribution in [-0.2, 0) is 9.23 Å². The molecule has 1 N–H and O–H groups in total. The lowest BCUT2D eigenvalue weighted by atomic mass is 10.1. The lowest BCUT2D eigenvalue weighted by Crippen LogP contribution is -2.03. The average molecular weight is 901 g/mol. The summed E-state index contributed by atoms with van der Waals surface area (Å²) in [5.41, 5.74) is 5.42. The molecule has 6 rings (SSSR count). The van der Waals surface area contributed by atoms with Gasteiger partial charge in [-0.2, -0.15) is 10.2 Å². The van der Waals surface area contributed by atoms with Crippen molar-refractivity contribution < 1.29 is 18.9 Å². The van der Waals surface area contributed by atoms with E-state index in [1.165, 1.54) is 4.68 Å². The van der Waals surface area contributed by atoms with Gasteiger partial charge in [0.15, 0.2) is 5.69 Å². The first kappa shape index (κ1) is 41.9. The van der Waals surface area contributed by atoms with Crippen LogP contribution in [0, 0.1) is 13.8 Å². The van der Waals surface area contributed by atoms with E-state index >= 15 is 0 Å². The van der Waals surface area contributed by atoms with Crippen LogP contribution in [0.15, 0.2) is 84.9 Å². The van der Waals surface area contributed by atoms with Crippen LogP contribution in [0.4, 0.5) is 0 Å². The number of nitrogens with zero attached hydrogens (tertiary/aromatic N) is 4. The summed E-state index contributed by atoms with van der Waals surface area (Å²) in [7, 11) is 7.36. The highest BCUT2D eigenvalue weighted by Gasteiger charge is 2.24. The van der Waals surface area contributed by atoms with Gasteiger partial charge < -0.3 is 5.11 Å². The highest BCUT2D eigenvalue weighted by Crippen LogP contribution is 2.35. The van der Waals surface area contributed by atoms with Gasteiger partial charge in [-0.3, -0.25) is 4.79 Å². The molecule has 0 saturated heterocycles. The first-order valence-corrected chi connectivity index (χ1v) is 19.7. The van der Waals surface area contributed by atoms with Gasteiger partial charge in [0.1, 0.15) is 5.69 Å². The van der Waals surface area contributed by atoms with Crippen molar-refractivity contribution in [2.24, 2.45) is 0 Å². The van der Waals surface area contributed by atoms with E-state index in [1.54, 1.807) is 91.3 Å². The summed E-state index contributed by atoms with van der Waals surface area (Å²) in [5, 5.41) is 20.3. The number of carbonyl (C=O) groups excluding carboxylic acids is 1. The van der Waals surface area contributed by atoms with Gasteiger partial charge in [-0.15, -0.1) is 0 Å². The Morgan fingerprint density at radius 3 is 1.25 bits per heavy atom. The molecule has 8 nitrogen and oxygen atoms in total. The van der Waals surface area contributed by atoms with Crippen LogP contribution in [0.1, 0.15) is 32.1 Å². The van der Waals surface area contributed by atoms with Crippen LogP contribution in [0.2, 0.25) is 30.1 Å². The van der Waals surface area contributed by atoms with E-state index in [2.05, 4.69) is 31.6 Å². The van der Waals surface area contributed by atoms with Crippen LogP contribution in [0.3, 0.4) is 0 Å². The molecule has 0 aliphatic rings. The molecule has 0 saturated carbocycles. The smallest absolute Gasteiger partial charge is 0.356 e. The molecule has 0 radical (unpaired) electrons. The number of hydrogen-bond donors (Lipinski definition) is 1. The highest BCUT2D eigenvalue weighted by atomic mass is 36.0. The quantitative estimate of drug-likeness (QED) is 0.167. The van der Waals surface area contributed by atoms with E-state index in [0.29, 0.717) is 64.0 Å². The van der Waals surface area contributed by atoms with Gasteiger partial charge in [0.25, 0.3) is 5.24 Å². The van der Waals surface area contributed by atoms with Crippen LogP contribution < -0.4 is 0 Å². The summed E-state index contributed by atoms with van der Waals surface area (Å²) in [4.78, 5) is 23.2. The van der Waals surface area contributed by atoms with Crippen LogP contribution in [0.5, 0.6) is 0 Å². The SMILES string of the molecule is Cc1c(C(=O)Cl)nn(-c2ccc(Cl)cc2Cl)c1-c1ccc(Cl)cc1.Cc1c(C(=O)O)nn(-c2ccc(Cl)cc2Cl)c1-c1ccc(Cl)cc1.O=S(Cl)Cl. The van der Waals surface area contributed by atoms with E-state index in [-0.39, 0.29) is 11.4 Å². The molecule has 270 valence electrons. The number of carboxylic acid groups (broad SMARTS) is 1. The summed E-state index contributed by atoms with van der Waals surface area (Å²) >= 11 is 42.1. The van der Waals surface area contributed by atoms with Gasteiger partial charge in [0.2, 0.25) is 9.23 Å². The Balaban J connectivity index is 0.000000211. The summed E-state index contributed by atoms with van der Waals surface area (Å²) in [5.74, 6) is -1.11. The van der Waals surface area contributed by atoms with Gasteiger partial charge in [-0.1, -0.05) is 93.9 Å². The lowest BCUT2D eigenvalue weighted by Gasteiger charge is -2.11. The minimum atomic E-state index is -1.67. The number of rotatable bonds is 6. The minimum Gasteiger partial charge on any atom is -0.476 e. The third-order valence-electron chi connectivity index (χ3n) is 7.14. The number of benzene rings is 4. The van der Waals surface area contributed by atoms with E-state index in [0.717, 1.165) is 11.1 Å². The first-order valence-electron chi connectivity index (χ1n) is 14.3. The van der Waals surface area contributed by atoms with E-state index in [9.17, 15) is 14.7 Å². The zero-order chi connectivity index (χ0) is 38.4. The van der Waals surface area contributed by atoms with Crippen molar-refractivity contribution >= 4 is 123 Å². The molecule has 0 spiro atoms. The van der Waals surface area contributed by atoms with Crippen molar-refractivity contribution in [3.05, 3.63) is 138 Å². The average Bonchev–Trinajstić information content (AvgIpc) is 3.59. The Morgan fingerprint density at radius 2 is 0.923 bits per heavy atom. The maximum atomic E-state index is 11.7. The van der Waals surface area contributed by atoms with Crippen molar-refractivity contribution in [1.29, 1.82) is 0 Å². The summed E-state index contributed by atoms with van der Waals surface area (Å²) in [6, 6.07) is 24.3. The fourth-order valence-electron chi connectivity index (χ4n) is 4.93. The van der Waals surface area contributed by atoms with Gasteiger partial charge in [-0.05, 0) is 86.1 Å². The summed E-state index contributed by atoms with van der Waals surface area (Å²) in [6.07, 6.45) is 0.